The molecule has 2 N–H and O–H groups in total. The first-order chi connectivity index (χ1) is 16.9. The van der Waals surface area contributed by atoms with Gasteiger partial charge in [0.1, 0.15) is 11.5 Å². The first-order valence-corrected chi connectivity index (χ1v) is 12.3. The molecule has 0 spiro atoms. The van der Waals surface area contributed by atoms with E-state index in [9.17, 15) is 9.59 Å². The molecule has 1 atom stereocenters. The van der Waals surface area contributed by atoms with E-state index in [0.29, 0.717) is 40.3 Å². The predicted molar refractivity (Wildman–Crippen MR) is 136 cm³/mol. The number of methoxy groups -OCH3 is 2. The molecule has 3 aromatic rings. The number of para-hydroxylation sites is 2. The number of thioether (sulfide) groups is 1. The molecule has 0 fully saturated rings. The molecule has 9 nitrogen and oxygen atoms in total. The monoisotopic (exact) mass is 497 g/mol. The summed E-state index contributed by atoms with van der Waals surface area (Å²) >= 11 is 1.29. The Morgan fingerprint density at radius 2 is 1.74 bits per heavy atom. The molecule has 0 aliphatic carbocycles. The molecule has 2 amide bonds. The van der Waals surface area contributed by atoms with E-state index in [2.05, 4.69) is 20.8 Å². The number of hydrogen-bond acceptors (Lipinski definition) is 7. The predicted octanol–water partition coefficient (Wildman–Crippen LogP) is 4.17. The van der Waals surface area contributed by atoms with Crippen molar-refractivity contribution in [3.8, 4) is 11.5 Å². The van der Waals surface area contributed by atoms with Crippen LogP contribution in [0.1, 0.15) is 43.0 Å². The van der Waals surface area contributed by atoms with Crippen molar-refractivity contribution in [2.45, 2.75) is 38.5 Å². The summed E-state index contributed by atoms with van der Waals surface area (Å²) in [4.78, 5) is 25.4. The van der Waals surface area contributed by atoms with Gasteiger partial charge in [0.15, 0.2) is 11.0 Å². The van der Waals surface area contributed by atoms with Gasteiger partial charge in [0.05, 0.1) is 31.7 Å². The SMILES string of the molecule is CCn1c(SCC(=O)Nc2ccccc2OC)nnc1C(NC(=O)c1ccc(OC)cc1)C(C)C. The lowest BCUT2D eigenvalue weighted by atomic mass is 10.0. The summed E-state index contributed by atoms with van der Waals surface area (Å²) in [6, 6.07) is 13.8. The topological polar surface area (TPSA) is 107 Å². The van der Waals surface area contributed by atoms with Crippen LogP contribution >= 0.6 is 11.8 Å². The van der Waals surface area contributed by atoms with Crippen LogP contribution in [0.15, 0.2) is 53.7 Å². The number of nitrogens with zero attached hydrogens (tertiary/aromatic N) is 3. The summed E-state index contributed by atoms with van der Waals surface area (Å²) in [5.74, 6) is 1.76. The quantitative estimate of drug-likeness (QED) is 0.383. The molecule has 3 rings (SSSR count). The van der Waals surface area contributed by atoms with Crippen LogP contribution in [0.2, 0.25) is 0 Å². The zero-order valence-electron chi connectivity index (χ0n) is 20.6. The Hall–Kier alpha value is -3.53. The summed E-state index contributed by atoms with van der Waals surface area (Å²) in [6.07, 6.45) is 0. The Bertz CT molecular complexity index is 1150. The Kier molecular flexibility index (Phi) is 9.13. The van der Waals surface area contributed by atoms with Crippen LogP contribution in [0.25, 0.3) is 0 Å². The average Bonchev–Trinajstić information content (AvgIpc) is 3.28. The van der Waals surface area contributed by atoms with Crippen molar-refractivity contribution < 1.29 is 19.1 Å². The van der Waals surface area contributed by atoms with E-state index in [1.165, 1.54) is 11.8 Å². The standard InChI is InChI=1S/C25H31N5O4S/c1-6-30-23(22(16(2)3)27-24(32)17-11-13-18(33-4)14-12-17)28-29-25(30)35-15-21(31)26-19-9-7-8-10-20(19)34-5/h7-14,16,22H,6,15H2,1-5H3,(H,26,31)(H,27,32). The van der Waals surface area contributed by atoms with Crippen molar-refractivity contribution in [2.75, 3.05) is 25.3 Å². The van der Waals surface area contributed by atoms with Crippen molar-refractivity contribution >= 4 is 29.3 Å². The minimum atomic E-state index is -0.353. The second-order valence-electron chi connectivity index (χ2n) is 8.05. The van der Waals surface area contributed by atoms with E-state index in [1.807, 2.05) is 37.5 Å². The first-order valence-electron chi connectivity index (χ1n) is 11.3. The van der Waals surface area contributed by atoms with Crippen LogP contribution in [0, 0.1) is 5.92 Å². The van der Waals surface area contributed by atoms with Crippen molar-refractivity contribution in [3.63, 3.8) is 0 Å². The lowest BCUT2D eigenvalue weighted by Crippen LogP contribution is -2.33. The Morgan fingerprint density at radius 1 is 1.03 bits per heavy atom. The fraction of sp³-hybridized carbons (Fsp3) is 0.360. The third kappa shape index (κ3) is 6.54. The molecule has 1 unspecified atom stereocenters. The molecule has 2 aromatic carbocycles. The molecule has 0 bridgehead atoms. The number of carbonyl (C=O) groups is 2. The van der Waals surface area contributed by atoms with Gasteiger partial charge in [-0.1, -0.05) is 37.7 Å². The van der Waals surface area contributed by atoms with Gasteiger partial charge in [-0.25, -0.2) is 0 Å². The number of carbonyl (C=O) groups excluding carboxylic acids is 2. The first kappa shape index (κ1) is 26.1. The zero-order chi connectivity index (χ0) is 25.4. The molecule has 1 heterocycles. The van der Waals surface area contributed by atoms with E-state index in [0.717, 1.165) is 0 Å². The van der Waals surface area contributed by atoms with Crippen LogP contribution in [-0.2, 0) is 11.3 Å². The molecule has 186 valence electrons. The maximum atomic E-state index is 12.9. The Labute approximate surface area is 209 Å². The van der Waals surface area contributed by atoms with Gasteiger partial charge < -0.3 is 24.7 Å². The molecular formula is C25H31N5O4S. The molecule has 0 saturated carbocycles. The second-order valence-corrected chi connectivity index (χ2v) is 8.99. The summed E-state index contributed by atoms with van der Waals surface area (Å²) in [5.41, 5.74) is 1.14. The van der Waals surface area contributed by atoms with E-state index in [1.54, 1.807) is 50.6 Å². The smallest absolute Gasteiger partial charge is 0.251 e. The van der Waals surface area contributed by atoms with Gasteiger partial charge in [0.25, 0.3) is 5.91 Å². The molecule has 35 heavy (non-hydrogen) atoms. The number of benzene rings is 2. The number of hydrogen-bond donors (Lipinski definition) is 2. The fourth-order valence-corrected chi connectivity index (χ4v) is 4.30. The highest BCUT2D eigenvalue weighted by Crippen LogP contribution is 2.27. The lowest BCUT2D eigenvalue weighted by Gasteiger charge is -2.22. The number of ether oxygens (including phenoxy) is 2. The molecule has 1 aromatic heterocycles. The molecule has 0 aliphatic rings. The summed E-state index contributed by atoms with van der Waals surface area (Å²) in [6.45, 7) is 6.61. The van der Waals surface area contributed by atoms with Gasteiger partial charge in [0.2, 0.25) is 5.91 Å². The summed E-state index contributed by atoms with van der Waals surface area (Å²) in [7, 11) is 3.14. The van der Waals surface area contributed by atoms with Crippen LogP contribution < -0.4 is 20.1 Å². The normalized spacial score (nSPS) is 11.7. The maximum Gasteiger partial charge on any atom is 0.251 e. The molecule has 10 heteroatoms. The molecule has 0 saturated heterocycles. The van der Waals surface area contributed by atoms with Crippen LogP contribution in [0.3, 0.4) is 0 Å². The number of aromatic nitrogens is 3. The van der Waals surface area contributed by atoms with Gasteiger partial charge in [0, 0.05) is 12.1 Å². The molecular weight excluding hydrogens is 466 g/mol. The average molecular weight is 498 g/mol. The van der Waals surface area contributed by atoms with Gasteiger partial charge in [-0.15, -0.1) is 10.2 Å². The Balaban J connectivity index is 1.71. The van der Waals surface area contributed by atoms with Crippen LogP contribution in [0.4, 0.5) is 5.69 Å². The van der Waals surface area contributed by atoms with Gasteiger partial charge >= 0.3 is 0 Å². The third-order valence-corrected chi connectivity index (χ3v) is 6.33. The largest absolute Gasteiger partial charge is 0.497 e. The van der Waals surface area contributed by atoms with E-state index < -0.39 is 0 Å². The minimum Gasteiger partial charge on any atom is -0.497 e. The number of nitrogens with one attached hydrogen (secondary N) is 2. The molecule has 0 aliphatic heterocycles. The zero-order valence-corrected chi connectivity index (χ0v) is 21.4. The lowest BCUT2D eigenvalue weighted by molar-refractivity contribution is -0.113. The van der Waals surface area contributed by atoms with Crippen LogP contribution in [-0.4, -0.2) is 46.6 Å². The number of anilines is 1. The number of amides is 2. The summed E-state index contributed by atoms with van der Waals surface area (Å²) < 4.78 is 12.4. The Morgan fingerprint density at radius 3 is 2.37 bits per heavy atom. The second kappa shape index (κ2) is 12.3. The summed E-state index contributed by atoms with van der Waals surface area (Å²) in [5, 5.41) is 15.2. The van der Waals surface area contributed by atoms with Crippen molar-refractivity contribution in [1.29, 1.82) is 0 Å². The maximum absolute atomic E-state index is 12.9. The van der Waals surface area contributed by atoms with Crippen LogP contribution in [0.5, 0.6) is 11.5 Å². The minimum absolute atomic E-state index is 0.0680. The highest BCUT2D eigenvalue weighted by atomic mass is 32.2. The van der Waals surface area contributed by atoms with Gasteiger partial charge in [-0.05, 0) is 49.2 Å². The van der Waals surface area contributed by atoms with E-state index in [4.69, 9.17) is 9.47 Å². The highest BCUT2D eigenvalue weighted by Gasteiger charge is 2.26. The van der Waals surface area contributed by atoms with E-state index >= 15 is 0 Å². The van der Waals surface area contributed by atoms with Gasteiger partial charge in [-0.3, -0.25) is 9.59 Å². The van der Waals surface area contributed by atoms with Crippen molar-refractivity contribution in [3.05, 3.63) is 59.9 Å². The van der Waals surface area contributed by atoms with Crippen molar-refractivity contribution in [2.24, 2.45) is 5.92 Å². The highest BCUT2D eigenvalue weighted by molar-refractivity contribution is 7.99. The van der Waals surface area contributed by atoms with E-state index in [-0.39, 0.29) is 29.5 Å². The molecule has 0 radical (unpaired) electrons. The third-order valence-electron chi connectivity index (χ3n) is 5.36. The van der Waals surface area contributed by atoms with Crippen molar-refractivity contribution in [1.82, 2.24) is 20.1 Å². The van der Waals surface area contributed by atoms with Gasteiger partial charge in [-0.2, -0.15) is 0 Å². The number of rotatable bonds is 11. The fourth-order valence-electron chi connectivity index (χ4n) is 3.49.